The van der Waals surface area contributed by atoms with Gasteiger partial charge in [-0.25, -0.2) is 0 Å². The molecular formula is C24H31F3O6. The lowest BCUT2D eigenvalue weighted by atomic mass is 9.89. The van der Waals surface area contributed by atoms with Crippen LogP contribution in [0.5, 0.6) is 5.75 Å². The van der Waals surface area contributed by atoms with Gasteiger partial charge in [0.1, 0.15) is 18.5 Å². The van der Waals surface area contributed by atoms with Crippen molar-refractivity contribution in [1.29, 1.82) is 0 Å². The van der Waals surface area contributed by atoms with E-state index in [1.165, 1.54) is 25.3 Å². The van der Waals surface area contributed by atoms with Crippen molar-refractivity contribution in [2.75, 3.05) is 13.7 Å². The van der Waals surface area contributed by atoms with Crippen LogP contribution in [-0.2, 0) is 15.7 Å². The Morgan fingerprint density at radius 3 is 2.70 bits per heavy atom. The topological polar surface area (TPSA) is 96.2 Å². The minimum absolute atomic E-state index is 0.0104. The average Bonchev–Trinajstić information content (AvgIpc) is 3.04. The average molecular weight is 473 g/mol. The van der Waals surface area contributed by atoms with Gasteiger partial charge >= 0.3 is 12.1 Å². The van der Waals surface area contributed by atoms with Crippen molar-refractivity contribution in [3.8, 4) is 5.75 Å². The number of carbonyl (C=O) groups excluding carboxylic acids is 1. The van der Waals surface area contributed by atoms with E-state index in [4.69, 9.17) is 4.74 Å². The molecule has 184 valence electrons. The second-order valence-corrected chi connectivity index (χ2v) is 8.08. The van der Waals surface area contributed by atoms with Crippen LogP contribution in [0, 0.1) is 11.8 Å². The molecule has 0 amide bonds. The van der Waals surface area contributed by atoms with E-state index in [0.717, 1.165) is 12.1 Å². The lowest BCUT2D eigenvalue weighted by Gasteiger charge is -2.19. The van der Waals surface area contributed by atoms with Gasteiger partial charge in [0.15, 0.2) is 0 Å². The Labute approximate surface area is 191 Å². The predicted octanol–water partition coefficient (Wildman–Crippen LogP) is 3.65. The SMILES string of the molecule is COC(=O)CCC/C=C\CC1C(O)CC(O)[C@H]1/C=C/C(O)COc1cccc(C(F)(F)F)c1. The third kappa shape index (κ3) is 8.83. The first kappa shape index (κ1) is 26.9. The lowest BCUT2D eigenvalue weighted by Crippen LogP contribution is -2.21. The van der Waals surface area contributed by atoms with Crippen molar-refractivity contribution < 1.29 is 42.8 Å². The molecule has 1 aromatic carbocycles. The van der Waals surface area contributed by atoms with Crippen LogP contribution in [0.25, 0.3) is 0 Å². The number of halogens is 3. The molecule has 0 aromatic heterocycles. The molecule has 1 aliphatic carbocycles. The van der Waals surface area contributed by atoms with Gasteiger partial charge in [-0.15, -0.1) is 0 Å². The van der Waals surface area contributed by atoms with Crippen LogP contribution in [0.4, 0.5) is 13.2 Å². The number of alkyl halides is 3. The third-order valence-electron chi connectivity index (χ3n) is 5.61. The summed E-state index contributed by atoms with van der Waals surface area (Å²) in [6, 6.07) is 4.39. The minimum atomic E-state index is -4.48. The molecule has 6 nitrogen and oxygen atoms in total. The minimum Gasteiger partial charge on any atom is -0.491 e. The molecule has 4 unspecified atom stereocenters. The van der Waals surface area contributed by atoms with Gasteiger partial charge in [-0.1, -0.05) is 30.4 Å². The van der Waals surface area contributed by atoms with Gasteiger partial charge in [-0.2, -0.15) is 13.2 Å². The summed E-state index contributed by atoms with van der Waals surface area (Å²) in [5.41, 5.74) is -0.839. The smallest absolute Gasteiger partial charge is 0.416 e. The molecule has 2 rings (SSSR count). The largest absolute Gasteiger partial charge is 0.491 e. The highest BCUT2D eigenvalue weighted by molar-refractivity contribution is 5.69. The number of hydrogen-bond acceptors (Lipinski definition) is 6. The molecule has 9 heteroatoms. The zero-order chi connectivity index (χ0) is 24.4. The van der Waals surface area contributed by atoms with Crippen molar-refractivity contribution in [2.24, 2.45) is 11.8 Å². The Morgan fingerprint density at radius 1 is 1.24 bits per heavy atom. The summed E-state index contributed by atoms with van der Waals surface area (Å²) in [4.78, 5) is 11.1. The van der Waals surface area contributed by atoms with Crippen molar-refractivity contribution in [3.05, 3.63) is 54.1 Å². The van der Waals surface area contributed by atoms with Crippen molar-refractivity contribution in [1.82, 2.24) is 0 Å². The number of hydrogen-bond donors (Lipinski definition) is 3. The predicted molar refractivity (Wildman–Crippen MR) is 115 cm³/mol. The maximum Gasteiger partial charge on any atom is 0.416 e. The van der Waals surface area contributed by atoms with Crippen LogP contribution in [0.1, 0.15) is 37.7 Å². The number of benzene rings is 1. The molecule has 5 atom stereocenters. The van der Waals surface area contributed by atoms with Crippen molar-refractivity contribution in [2.45, 2.75) is 56.6 Å². The fourth-order valence-electron chi connectivity index (χ4n) is 3.80. The van der Waals surface area contributed by atoms with Gasteiger partial charge in [0.05, 0.1) is 24.9 Å². The Morgan fingerprint density at radius 2 is 2.00 bits per heavy atom. The monoisotopic (exact) mass is 472 g/mol. The maximum atomic E-state index is 12.8. The van der Waals surface area contributed by atoms with Crippen molar-refractivity contribution >= 4 is 5.97 Å². The summed E-state index contributed by atoms with van der Waals surface area (Å²) >= 11 is 0. The number of rotatable bonds is 11. The van der Waals surface area contributed by atoms with E-state index in [1.54, 1.807) is 6.08 Å². The van der Waals surface area contributed by atoms with Gasteiger partial charge in [-0.3, -0.25) is 4.79 Å². The molecule has 1 aliphatic rings. The van der Waals surface area contributed by atoms with Crippen LogP contribution < -0.4 is 4.74 Å². The van der Waals surface area contributed by atoms with Crippen LogP contribution in [0.2, 0.25) is 0 Å². The Bertz CT molecular complexity index is 808. The lowest BCUT2D eigenvalue weighted by molar-refractivity contribution is -0.140. The zero-order valence-corrected chi connectivity index (χ0v) is 18.4. The molecule has 33 heavy (non-hydrogen) atoms. The van der Waals surface area contributed by atoms with Gasteiger partial charge in [-0.05, 0) is 43.4 Å². The van der Waals surface area contributed by atoms with Gasteiger partial charge in [0.25, 0.3) is 0 Å². The molecular weight excluding hydrogens is 441 g/mol. The van der Waals surface area contributed by atoms with Crippen molar-refractivity contribution in [3.63, 3.8) is 0 Å². The molecule has 0 radical (unpaired) electrons. The molecule has 0 bridgehead atoms. The molecule has 1 aromatic rings. The standard InChI is InChI=1S/C24H31F3O6/c1-32-23(31)10-5-3-2-4-9-19-20(22(30)14-21(19)29)12-11-17(28)15-33-18-8-6-7-16(13-18)24(25,26)27/h2,4,6-8,11-13,17,19-22,28-30H,3,5,9-10,14-15H2,1H3/b4-2-,12-11+/t17?,19?,20-,21?,22?/m0/s1. The number of methoxy groups -OCH3 is 1. The Hall–Kier alpha value is -2.36. The maximum absolute atomic E-state index is 12.8. The first-order valence-electron chi connectivity index (χ1n) is 10.9. The number of esters is 1. The van der Waals surface area contributed by atoms with Gasteiger partial charge in [0, 0.05) is 18.8 Å². The second-order valence-electron chi connectivity index (χ2n) is 8.08. The quantitative estimate of drug-likeness (QED) is 0.259. The number of aliphatic hydroxyl groups is 3. The molecule has 0 saturated heterocycles. The normalized spacial score (nSPS) is 24.5. The number of aliphatic hydroxyl groups excluding tert-OH is 3. The summed E-state index contributed by atoms with van der Waals surface area (Å²) in [6.07, 6.45) is 2.21. The molecule has 1 fully saturated rings. The number of ether oxygens (including phenoxy) is 2. The summed E-state index contributed by atoms with van der Waals surface area (Å²) in [7, 11) is 1.34. The van der Waals surface area contributed by atoms with Gasteiger partial charge < -0.3 is 24.8 Å². The highest BCUT2D eigenvalue weighted by Crippen LogP contribution is 2.36. The summed E-state index contributed by atoms with van der Waals surface area (Å²) in [5, 5.41) is 30.7. The van der Waals surface area contributed by atoms with Gasteiger partial charge in [0.2, 0.25) is 0 Å². The fraction of sp³-hybridized carbons (Fsp3) is 0.542. The number of unbranched alkanes of at least 4 members (excludes halogenated alkanes) is 1. The van der Waals surface area contributed by atoms with Crippen LogP contribution in [0.15, 0.2) is 48.6 Å². The Kier molecular flexibility index (Phi) is 10.4. The van der Waals surface area contributed by atoms with E-state index in [0.29, 0.717) is 25.7 Å². The zero-order valence-electron chi connectivity index (χ0n) is 18.4. The van der Waals surface area contributed by atoms with E-state index < -0.39 is 30.1 Å². The second kappa shape index (κ2) is 12.8. The molecule has 1 saturated carbocycles. The van der Waals surface area contributed by atoms with E-state index >= 15 is 0 Å². The highest BCUT2D eigenvalue weighted by Gasteiger charge is 2.39. The highest BCUT2D eigenvalue weighted by atomic mass is 19.4. The first-order valence-corrected chi connectivity index (χ1v) is 10.9. The van der Waals surface area contributed by atoms with E-state index in [-0.39, 0.29) is 36.6 Å². The molecule has 0 spiro atoms. The first-order chi connectivity index (χ1) is 15.6. The third-order valence-corrected chi connectivity index (χ3v) is 5.61. The van der Waals surface area contributed by atoms with E-state index in [1.807, 2.05) is 12.2 Å². The summed E-state index contributed by atoms with van der Waals surface area (Å²) < 4.78 is 48.2. The summed E-state index contributed by atoms with van der Waals surface area (Å²) in [6.45, 7) is -0.256. The molecule has 3 N–H and O–H groups in total. The summed E-state index contributed by atoms with van der Waals surface area (Å²) in [5.74, 6) is -0.907. The number of carbonyl (C=O) groups is 1. The fourth-order valence-corrected chi connectivity index (χ4v) is 3.80. The van der Waals surface area contributed by atoms with E-state index in [9.17, 15) is 33.3 Å². The Balaban J connectivity index is 1.86. The molecule has 0 heterocycles. The number of allylic oxidation sites excluding steroid dienone is 2. The van der Waals surface area contributed by atoms with Crippen LogP contribution >= 0.6 is 0 Å². The van der Waals surface area contributed by atoms with Crippen LogP contribution in [-0.4, -0.2) is 53.3 Å². The van der Waals surface area contributed by atoms with Crippen LogP contribution in [0.3, 0.4) is 0 Å². The molecule has 0 aliphatic heterocycles. The van der Waals surface area contributed by atoms with E-state index in [2.05, 4.69) is 4.74 Å².